The Bertz CT molecular complexity index is 448. The van der Waals surface area contributed by atoms with Crippen LogP contribution >= 0.6 is 0 Å². The van der Waals surface area contributed by atoms with Gasteiger partial charge in [-0.1, -0.05) is 30.3 Å². The van der Waals surface area contributed by atoms with Gasteiger partial charge in [0.1, 0.15) is 0 Å². The number of rotatable bonds is 5. The molecule has 1 atom stereocenters. The van der Waals surface area contributed by atoms with Gasteiger partial charge >= 0.3 is 0 Å². The predicted molar refractivity (Wildman–Crippen MR) is 69.9 cm³/mol. The van der Waals surface area contributed by atoms with Crippen LogP contribution in [0.3, 0.4) is 0 Å². The van der Waals surface area contributed by atoms with Crippen molar-refractivity contribution < 1.29 is 0 Å². The predicted octanol–water partition coefficient (Wildman–Crippen LogP) is 1.79. The first-order valence-corrected chi connectivity index (χ1v) is 5.96. The fourth-order valence-corrected chi connectivity index (χ4v) is 2.04. The van der Waals surface area contributed by atoms with Gasteiger partial charge < -0.3 is 5.32 Å². The van der Waals surface area contributed by atoms with Crippen LogP contribution in [0.2, 0.25) is 0 Å². The topological polar surface area (TPSA) is 29.9 Å². The molecule has 2 rings (SSSR count). The second-order valence-electron chi connectivity index (χ2n) is 4.40. The van der Waals surface area contributed by atoms with E-state index in [4.69, 9.17) is 0 Å². The van der Waals surface area contributed by atoms with Gasteiger partial charge in [0.2, 0.25) is 0 Å². The Morgan fingerprint density at radius 1 is 1.18 bits per heavy atom. The first-order chi connectivity index (χ1) is 8.28. The van der Waals surface area contributed by atoms with E-state index in [2.05, 4.69) is 46.9 Å². The van der Waals surface area contributed by atoms with E-state index in [1.807, 2.05) is 25.0 Å². The highest BCUT2D eigenvalue weighted by Crippen LogP contribution is 2.08. The Kier molecular flexibility index (Phi) is 3.94. The first kappa shape index (κ1) is 11.9. The molecule has 0 amide bonds. The molecule has 0 spiro atoms. The van der Waals surface area contributed by atoms with Crippen LogP contribution in [0.4, 0.5) is 0 Å². The van der Waals surface area contributed by atoms with Crippen molar-refractivity contribution in [2.24, 2.45) is 7.05 Å². The van der Waals surface area contributed by atoms with Gasteiger partial charge in [0.15, 0.2) is 0 Å². The van der Waals surface area contributed by atoms with Crippen molar-refractivity contribution in [3.05, 3.63) is 53.9 Å². The van der Waals surface area contributed by atoms with Crippen LogP contribution in [-0.2, 0) is 19.9 Å². The van der Waals surface area contributed by atoms with Gasteiger partial charge in [-0.15, -0.1) is 0 Å². The van der Waals surface area contributed by atoms with Crippen LogP contribution in [0.15, 0.2) is 42.7 Å². The van der Waals surface area contributed by atoms with E-state index in [1.54, 1.807) is 0 Å². The molecule has 0 radical (unpaired) electrons. The van der Waals surface area contributed by atoms with Gasteiger partial charge in [-0.3, -0.25) is 4.68 Å². The Hall–Kier alpha value is -1.61. The molecule has 1 unspecified atom stereocenters. The van der Waals surface area contributed by atoms with E-state index in [-0.39, 0.29) is 0 Å². The molecule has 0 saturated heterocycles. The maximum atomic E-state index is 4.20. The highest BCUT2D eigenvalue weighted by Gasteiger charge is 2.09. The number of hydrogen-bond acceptors (Lipinski definition) is 2. The Balaban J connectivity index is 1.98. The highest BCUT2D eigenvalue weighted by molar-refractivity contribution is 5.17. The van der Waals surface area contributed by atoms with E-state index in [0.717, 1.165) is 12.8 Å². The fourth-order valence-electron chi connectivity index (χ4n) is 2.04. The van der Waals surface area contributed by atoms with Crippen molar-refractivity contribution in [3.8, 4) is 0 Å². The van der Waals surface area contributed by atoms with Gasteiger partial charge in [-0.2, -0.15) is 5.10 Å². The third-order valence-corrected chi connectivity index (χ3v) is 2.97. The van der Waals surface area contributed by atoms with Crippen LogP contribution in [-0.4, -0.2) is 22.9 Å². The van der Waals surface area contributed by atoms with E-state index < -0.39 is 0 Å². The van der Waals surface area contributed by atoms with Gasteiger partial charge in [0.05, 0.1) is 6.20 Å². The standard InChI is InChI=1S/C14H19N3/c1-15-14(8-12-6-4-3-5-7-12)9-13-10-16-17(2)11-13/h3-7,10-11,14-15H,8-9H2,1-2H3. The van der Waals surface area contributed by atoms with Crippen LogP contribution in [0.1, 0.15) is 11.1 Å². The van der Waals surface area contributed by atoms with Crippen LogP contribution in [0.5, 0.6) is 0 Å². The molecule has 3 heteroatoms. The zero-order valence-electron chi connectivity index (χ0n) is 10.4. The van der Waals surface area contributed by atoms with Crippen molar-refractivity contribution in [3.63, 3.8) is 0 Å². The minimum atomic E-state index is 0.460. The van der Waals surface area contributed by atoms with Gasteiger partial charge in [0, 0.05) is 19.3 Å². The third kappa shape index (κ3) is 3.43. The Morgan fingerprint density at radius 2 is 1.88 bits per heavy atom. The largest absolute Gasteiger partial charge is 0.316 e. The SMILES string of the molecule is CNC(Cc1ccccc1)Cc1cnn(C)c1. The third-order valence-electron chi connectivity index (χ3n) is 2.97. The summed E-state index contributed by atoms with van der Waals surface area (Å²) in [5.74, 6) is 0. The summed E-state index contributed by atoms with van der Waals surface area (Å²) in [5, 5.41) is 7.57. The summed E-state index contributed by atoms with van der Waals surface area (Å²) in [6.45, 7) is 0. The molecule has 0 aliphatic rings. The first-order valence-electron chi connectivity index (χ1n) is 5.96. The molecular weight excluding hydrogens is 210 g/mol. The lowest BCUT2D eigenvalue weighted by Gasteiger charge is -2.15. The van der Waals surface area contributed by atoms with Gasteiger partial charge in [-0.25, -0.2) is 0 Å². The molecular formula is C14H19N3. The molecule has 1 N–H and O–H groups in total. The monoisotopic (exact) mass is 229 g/mol. The van der Waals surface area contributed by atoms with Crippen molar-refractivity contribution in [2.75, 3.05) is 7.05 Å². The molecule has 0 saturated carbocycles. The van der Waals surface area contributed by atoms with Crippen molar-refractivity contribution in [1.82, 2.24) is 15.1 Å². The number of aromatic nitrogens is 2. The number of nitrogens with one attached hydrogen (secondary N) is 1. The average molecular weight is 229 g/mol. The molecule has 0 aliphatic carbocycles. The molecule has 1 heterocycles. The summed E-state index contributed by atoms with van der Waals surface area (Å²) in [6, 6.07) is 11.0. The lowest BCUT2D eigenvalue weighted by molar-refractivity contribution is 0.556. The normalized spacial score (nSPS) is 12.6. The minimum absolute atomic E-state index is 0.460. The van der Waals surface area contributed by atoms with Crippen LogP contribution in [0, 0.1) is 0 Å². The smallest absolute Gasteiger partial charge is 0.0522 e. The summed E-state index contributed by atoms with van der Waals surface area (Å²) in [4.78, 5) is 0. The number of aryl methyl sites for hydroxylation is 1. The second-order valence-corrected chi connectivity index (χ2v) is 4.40. The molecule has 1 aromatic heterocycles. The number of hydrogen-bond donors (Lipinski definition) is 1. The zero-order chi connectivity index (χ0) is 12.1. The molecule has 2 aromatic rings. The van der Waals surface area contributed by atoms with E-state index >= 15 is 0 Å². The van der Waals surface area contributed by atoms with Gasteiger partial charge in [0.25, 0.3) is 0 Å². The maximum absolute atomic E-state index is 4.20. The fraction of sp³-hybridized carbons (Fsp3) is 0.357. The number of benzene rings is 1. The molecule has 0 bridgehead atoms. The van der Waals surface area contributed by atoms with E-state index in [0.29, 0.717) is 6.04 Å². The van der Waals surface area contributed by atoms with E-state index in [1.165, 1.54) is 11.1 Å². The lowest BCUT2D eigenvalue weighted by atomic mass is 10.0. The molecule has 3 nitrogen and oxygen atoms in total. The van der Waals surface area contributed by atoms with Crippen molar-refractivity contribution in [1.29, 1.82) is 0 Å². The number of likely N-dealkylation sites (N-methyl/N-ethyl adjacent to an activating group) is 1. The van der Waals surface area contributed by atoms with E-state index in [9.17, 15) is 0 Å². The van der Waals surface area contributed by atoms with Crippen molar-refractivity contribution >= 4 is 0 Å². The Labute approximate surface area is 102 Å². The summed E-state index contributed by atoms with van der Waals surface area (Å²) in [7, 11) is 3.97. The molecule has 0 fully saturated rings. The average Bonchev–Trinajstić information content (AvgIpc) is 2.75. The lowest BCUT2D eigenvalue weighted by Crippen LogP contribution is -2.29. The summed E-state index contributed by atoms with van der Waals surface area (Å²) >= 11 is 0. The maximum Gasteiger partial charge on any atom is 0.0522 e. The summed E-state index contributed by atoms with van der Waals surface area (Å²) in [5.41, 5.74) is 2.65. The summed E-state index contributed by atoms with van der Waals surface area (Å²) < 4.78 is 1.85. The molecule has 0 aliphatic heterocycles. The Morgan fingerprint density at radius 3 is 2.47 bits per heavy atom. The molecule has 17 heavy (non-hydrogen) atoms. The number of nitrogens with zero attached hydrogens (tertiary/aromatic N) is 2. The zero-order valence-corrected chi connectivity index (χ0v) is 10.4. The summed E-state index contributed by atoms with van der Waals surface area (Å²) in [6.07, 6.45) is 6.08. The highest BCUT2D eigenvalue weighted by atomic mass is 15.2. The molecule has 90 valence electrons. The minimum Gasteiger partial charge on any atom is -0.316 e. The second kappa shape index (κ2) is 5.64. The van der Waals surface area contributed by atoms with Crippen LogP contribution < -0.4 is 5.32 Å². The quantitative estimate of drug-likeness (QED) is 0.847. The van der Waals surface area contributed by atoms with Crippen LogP contribution in [0.25, 0.3) is 0 Å². The van der Waals surface area contributed by atoms with Crippen molar-refractivity contribution in [2.45, 2.75) is 18.9 Å². The van der Waals surface area contributed by atoms with Gasteiger partial charge in [-0.05, 0) is 31.0 Å². The molecule has 1 aromatic carbocycles.